The van der Waals surface area contributed by atoms with E-state index in [-0.39, 0.29) is 23.2 Å². The lowest BCUT2D eigenvalue weighted by molar-refractivity contribution is -0.119. The number of hydrogen-bond acceptors (Lipinski definition) is 5. The molecule has 1 aliphatic heterocycles. The van der Waals surface area contributed by atoms with Gasteiger partial charge in [0.25, 0.3) is 17.7 Å². The van der Waals surface area contributed by atoms with E-state index >= 15 is 0 Å². The zero-order valence-electron chi connectivity index (χ0n) is 16.8. The van der Waals surface area contributed by atoms with Gasteiger partial charge in [-0.1, -0.05) is 32.1 Å². The second-order valence-electron chi connectivity index (χ2n) is 7.17. The molecule has 2 aromatic rings. The third kappa shape index (κ3) is 4.30. The highest BCUT2D eigenvalue weighted by molar-refractivity contribution is 6.22. The molecule has 0 aromatic heterocycles. The summed E-state index contributed by atoms with van der Waals surface area (Å²) in [7, 11) is 0. The van der Waals surface area contributed by atoms with Crippen molar-refractivity contribution in [1.82, 2.24) is 4.90 Å². The van der Waals surface area contributed by atoms with Gasteiger partial charge in [-0.3, -0.25) is 19.3 Å². The second-order valence-corrected chi connectivity index (χ2v) is 7.17. The largest absolute Gasteiger partial charge is 0.452 e. The molecule has 0 bridgehead atoms. The van der Waals surface area contributed by atoms with Crippen molar-refractivity contribution < 1.29 is 23.9 Å². The maximum absolute atomic E-state index is 12.3. The standard InChI is InChI=1S/C23H22N2O5/c1-4-11-25-21(27)18-10-7-16(12-19(18)22(25)28)23(29)30-13-20(26)24-17-8-5-15(6-9-17)14(2)3/h4-10,12,14H,1,11,13H2,2-3H3,(H,24,26). The molecule has 3 amide bonds. The number of fused-ring (bicyclic) bond motifs is 1. The van der Waals surface area contributed by atoms with Crippen LogP contribution < -0.4 is 5.32 Å². The average Bonchev–Trinajstić information content (AvgIpc) is 2.97. The van der Waals surface area contributed by atoms with Crippen LogP contribution in [0.1, 0.15) is 56.4 Å². The van der Waals surface area contributed by atoms with E-state index in [9.17, 15) is 19.2 Å². The molecule has 0 spiro atoms. The first-order chi connectivity index (χ1) is 14.3. The SMILES string of the molecule is C=CCN1C(=O)c2ccc(C(=O)OCC(=O)Nc3ccc(C(C)C)cc3)cc2C1=O. The summed E-state index contributed by atoms with van der Waals surface area (Å²) >= 11 is 0. The molecule has 0 atom stereocenters. The Morgan fingerprint density at radius 3 is 2.37 bits per heavy atom. The van der Waals surface area contributed by atoms with Gasteiger partial charge < -0.3 is 10.1 Å². The van der Waals surface area contributed by atoms with Gasteiger partial charge in [-0.15, -0.1) is 6.58 Å². The van der Waals surface area contributed by atoms with E-state index < -0.39 is 30.3 Å². The van der Waals surface area contributed by atoms with Crippen molar-refractivity contribution >= 4 is 29.4 Å². The number of esters is 1. The molecule has 1 N–H and O–H groups in total. The number of benzene rings is 2. The third-order valence-corrected chi connectivity index (χ3v) is 4.71. The molecular weight excluding hydrogens is 384 g/mol. The lowest BCUT2D eigenvalue weighted by Gasteiger charge is -2.09. The van der Waals surface area contributed by atoms with E-state index in [1.807, 2.05) is 12.1 Å². The first kappa shape index (κ1) is 21.0. The van der Waals surface area contributed by atoms with Crippen molar-refractivity contribution in [3.63, 3.8) is 0 Å². The van der Waals surface area contributed by atoms with Gasteiger partial charge in [0.05, 0.1) is 16.7 Å². The summed E-state index contributed by atoms with van der Waals surface area (Å²) < 4.78 is 5.04. The Kier molecular flexibility index (Phi) is 6.11. The van der Waals surface area contributed by atoms with Gasteiger partial charge >= 0.3 is 5.97 Å². The first-order valence-corrected chi connectivity index (χ1v) is 9.50. The number of nitrogens with zero attached hydrogens (tertiary/aromatic N) is 1. The van der Waals surface area contributed by atoms with E-state index in [4.69, 9.17) is 4.74 Å². The van der Waals surface area contributed by atoms with Gasteiger partial charge in [0.2, 0.25) is 0 Å². The first-order valence-electron chi connectivity index (χ1n) is 9.50. The van der Waals surface area contributed by atoms with Gasteiger partial charge in [0.15, 0.2) is 6.61 Å². The van der Waals surface area contributed by atoms with Crippen molar-refractivity contribution in [3.05, 3.63) is 77.4 Å². The quantitative estimate of drug-likeness (QED) is 0.432. The van der Waals surface area contributed by atoms with Crippen LogP contribution in [-0.2, 0) is 9.53 Å². The summed E-state index contributed by atoms with van der Waals surface area (Å²) in [6.45, 7) is 7.29. The Morgan fingerprint density at radius 1 is 1.07 bits per heavy atom. The summed E-state index contributed by atoms with van der Waals surface area (Å²) in [5, 5.41) is 2.66. The molecule has 0 aliphatic carbocycles. The Labute approximate surface area is 174 Å². The van der Waals surface area contributed by atoms with Crippen LogP contribution in [0.25, 0.3) is 0 Å². The second kappa shape index (κ2) is 8.73. The van der Waals surface area contributed by atoms with E-state index in [0.717, 1.165) is 10.5 Å². The lowest BCUT2D eigenvalue weighted by atomic mass is 10.0. The number of hydrogen-bond donors (Lipinski definition) is 1. The topological polar surface area (TPSA) is 92.8 Å². The fourth-order valence-corrected chi connectivity index (χ4v) is 3.08. The van der Waals surface area contributed by atoms with Gasteiger partial charge in [-0.2, -0.15) is 0 Å². The predicted octanol–water partition coefficient (Wildman–Crippen LogP) is 3.39. The Hall–Kier alpha value is -3.74. The van der Waals surface area contributed by atoms with Crippen LogP contribution in [0.15, 0.2) is 55.1 Å². The highest BCUT2D eigenvalue weighted by atomic mass is 16.5. The van der Waals surface area contributed by atoms with E-state index in [1.165, 1.54) is 24.3 Å². The minimum absolute atomic E-state index is 0.0874. The molecule has 0 saturated heterocycles. The van der Waals surface area contributed by atoms with Crippen molar-refractivity contribution in [1.29, 1.82) is 0 Å². The zero-order chi connectivity index (χ0) is 21.8. The molecule has 2 aromatic carbocycles. The number of amides is 3. The molecule has 0 fully saturated rings. The zero-order valence-corrected chi connectivity index (χ0v) is 16.8. The summed E-state index contributed by atoms with van der Waals surface area (Å²) in [6, 6.07) is 11.5. The van der Waals surface area contributed by atoms with Crippen LogP contribution in [0.3, 0.4) is 0 Å². The lowest BCUT2D eigenvalue weighted by Crippen LogP contribution is -2.29. The monoisotopic (exact) mass is 406 g/mol. The van der Waals surface area contributed by atoms with E-state index in [0.29, 0.717) is 11.6 Å². The number of rotatable bonds is 7. The molecule has 1 heterocycles. The summed E-state index contributed by atoms with van der Waals surface area (Å²) in [5.41, 5.74) is 2.19. The van der Waals surface area contributed by atoms with Crippen molar-refractivity contribution in [3.8, 4) is 0 Å². The maximum atomic E-state index is 12.3. The van der Waals surface area contributed by atoms with Gasteiger partial charge in [0, 0.05) is 12.2 Å². The van der Waals surface area contributed by atoms with Crippen molar-refractivity contribution in [2.24, 2.45) is 0 Å². The third-order valence-electron chi connectivity index (χ3n) is 4.71. The molecular formula is C23H22N2O5. The van der Waals surface area contributed by atoms with Gasteiger partial charge in [-0.05, 0) is 41.8 Å². The van der Waals surface area contributed by atoms with Crippen LogP contribution >= 0.6 is 0 Å². The van der Waals surface area contributed by atoms with Crippen LogP contribution in [-0.4, -0.2) is 41.7 Å². The number of nitrogens with one attached hydrogen (secondary N) is 1. The Bertz CT molecular complexity index is 1020. The van der Waals surface area contributed by atoms with E-state index in [1.54, 1.807) is 12.1 Å². The fraction of sp³-hybridized carbons (Fsp3) is 0.217. The summed E-state index contributed by atoms with van der Waals surface area (Å²) in [6.07, 6.45) is 1.45. The fourth-order valence-electron chi connectivity index (χ4n) is 3.08. The number of carbonyl (C=O) groups excluding carboxylic acids is 4. The van der Waals surface area contributed by atoms with Crippen LogP contribution in [0.5, 0.6) is 0 Å². The summed E-state index contributed by atoms with van der Waals surface area (Å²) in [5.74, 6) is -1.78. The average molecular weight is 406 g/mol. The molecule has 30 heavy (non-hydrogen) atoms. The van der Waals surface area contributed by atoms with Gasteiger partial charge in [-0.25, -0.2) is 4.79 Å². The van der Waals surface area contributed by atoms with Crippen LogP contribution in [0.2, 0.25) is 0 Å². The van der Waals surface area contributed by atoms with E-state index in [2.05, 4.69) is 25.7 Å². The normalized spacial score (nSPS) is 12.7. The molecule has 7 nitrogen and oxygen atoms in total. The van der Waals surface area contributed by atoms with Crippen LogP contribution in [0.4, 0.5) is 5.69 Å². The van der Waals surface area contributed by atoms with Gasteiger partial charge in [0.1, 0.15) is 0 Å². The number of ether oxygens (including phenoxy) is 1. The molecule has 1 aliphatic rings. The molecule has 0 saturated carbocycles. The predicted molar refractivity (Wildman–Crippen MR) is 111 cm³/mol. The Balaban J connectivity index is 1.60. The number of imide groups is 1. The smallest absolute Gasteiger partial charge is 0.338 e. The number of anilines is 1. The molecule has 3 rings (SSSR count). The highest BCUT2D eigenvalue weighted by Crippen LogP contribution is 2.24. The van der Waals surface area contributed by atoms with Crippen LogP contribution in [0, 0.1) is 0 Å². The molecule has 7 heteroatoms. The Morgan fingerprint density at radius 2 is 1.73 bits per heavy atom. The maximum Gasteiger partial charge on any atom is 0.338 e. The highest BCUT2D eigenvalue weighted by Gasteiger charge is 2.35. The number of carbonyl (C=O) groups is 4. The molecule has 154 valence electrons. The van der Waals surface area contributed by atoms with Crippen molar-refractivity contribution in [2.75, 3.05) is 18.5 Å². The minimum Gasteiger partial charge on any atom is -0.452 e. The van der Waals surface area contributed by atoms with Crippen molar-refractivity contribution in [2.45, 2.75) is 19.8 Å². The molecule has 0 unspecified atom stereocenters. The summed E-state index contributed by atoms with van der Waals surface area (Å²) in [4.78, 5) is 50.0. The minimum atomic E-state index is -0.759. The molecule has 0 radical (unpaired) electrons.